The van der Waals surface area contributed by atoms with Crippen LogP contribution in [0.2, 0.25) is 5.02 Å². The molecule has 0 atom stereocenters. The largest absolute Gasteiger partial charge is 0.497 e. The molecule has 2 amide bonds. The summed E-state index contributed by atoms with van der Waals surface area (Å²) in [4.78, 5) is 24.9. The number of amides is 2. The van der Waals surface area contributed by atoms with Crippen molar-refractivity contribution in [2.75, 3.05) is 14.2 Å². The number of aromatic nitrogens is 1. The Kier molecular flexibility index (Phi) is 5.58. The van der Waals surface area contributed by atoms with Crippen LogP contribution in [0.4, 0.5) is 4.79 Å². The summed E-state index contributed by atoms with van der Waals surface area (Å²) in [7, 11) is 2.80. The zero-order chi connectivity index (χ0) is 20.4. The molecule has 146 valence electrons. The number of ether oxygens (including phenoxy) is 1. The molecule has 0 aliphatic carbocycles. The lowest BCUT2D eigenvalue weighted by Gasteiger charge is -2.11. The third-order valence-corrected chi connectivity index (χ3v) is 4.80. The highest BCUT2D eigenvalue weighted by Gasteiger charge is 2.21. The van der Waals surface area contributed by atoms with Crippen molar-refractivity contribution >= 4 is 34.4 Å². The molecule has 3 rings (SSSR count). The number of hydroxylamine groups is 2. The van der Waals surface area contributed by atoms with Gasteiger partial charge in [0.2, 0.25) is 0 Å². The third-order valence-electron chi connectivity index (χ3n) is 4.55. The summed E-state index contributed by atoms with van der Waals surface area (Å²) in [6.45, 7) is 1.95. The van der Waals surface area contributed by atoms with Gasteiger partial charge in [0.25, 0.3) is 5.91 Å². The van der Waals surface area contributed by atoms with E-state index in [-0.39, 0.29) is 12.5 Å². The molecule has 0 unspecified atom stereocenters. The lowest BCUT2D eigenvalue weighted by molar-refractivity contribution is -0.0184. The molecule has 0 spiro atoms. The van der Waals surface area contributed by atoms with Crippen molar-refractivity contribution in [3.63, 3.8) is 0 Å². The number of nitrogens with one attached hydrogen (secondary N) is 1. The minimum atomic E-state index is -0.646. The number of fused-ring (bicyclic) bond motifs is 1. The molecule has 0 saturated carbocycles. The Balaban J connectivity index is 2.12. The number of nitrogens with zero attached hydrogens (tertiary/aromatic N) is 2. The van der Waals surface area contributed by atoms with Crippen LogP contribution < -0.4 is 10.1 Å². The SMILES string of the molecule is COc1ccc2c(c1)c(CNC(=O)N(C)O)c(C)n2C(=O)c1ccc(Cl)cc1. The van der Waals surface area contributed by atoms with E-state index in [2.05, 4.69) is 5.32 Å². The predicted molar refractivity (Wildman–Crippen MR) is 106 cm³/mol. The Morgan fingerprint density at radius 2 is 1.89 bits per heavy atom. The number of benzene rings is 2. The maximum atomic E-state index is 13.2. The van der Waals surface area contributed by atoms with E-state index < -0.39 is 6.03 Å². The lowest BCUT2D eigenvalue weighted by Crippen LogP contribution is -2.34. The van der Waals surface area contributed by atoms with Gasteiger partial charge in [0.15, 0.2) is 0 Å². The molecule has 0 radical (unpaired) electrons. The highest BCUT2D eigenvalue weighted by Crippen LogP contribution is 2.30. The summed E-state index contributed by atoms with van der Waals surface area (Å²) in [5.41, 5.74) is 2.63. The quantitative estimate of drug-likeness (QED) is 0.514. The van der Waals surface area contributed by atoms with Gasteiger partial charge >= 0.3 is 6.03 Å². The first-order chi connectivity index (χ1) is 13.3. The number of carbonyl (C=O) groups is 2. The molecule has 1 heterocycles. The number of hydrogen-bond acceptors (Lipinski definition) is 4. The lowest BCUT2D eigenvalue weighted by atomic mass is 10.1. The van der Waals surface area contributed by atoms with Crippen molar-refractivity contribution in [3.8, 4) is 5.75 Å². The van der Waals surface area contributed by atoms with Crippen molar-refractivity contribution < 1.29 is 19.5 Å². The average Bonchev–Trinajstić information content (AvgIpc) is 2.96. The monoisotopic (exact) mass is 401 g/mol. The summed E-state index contributed by atoms with van der Waals surface area (Å²) < 4.78 is 6.90. The van der Waals surface area contributed by atoms with Crippen LogP contribution in [-0.4, -0.2) is 40.9 Å². The second-order valence-corrected chi connectivity index (χ2v) is 6.71. The van der Waals surface area contributed by atoms with Crippen molar-refractivity contribution in [1.82, 2.24) is 14.9 Å². The highest BCUT2D eigenvalue weighted by molar-refractivity contribution is 6.30. The zero-order valence-corrected chi connectivity index (χ0v) is 16.4. The number of methoxy groups -OCH3 is 1. The van der Waals surface area contributed by atoms with Gasteiger partial charge in [0, 0.05) is 40.8 Å². The molecule has 7 nitrogen and oxygen atoms in total. The van der Waals surface area contributed by atoms with Crippen molar-refractivity contribution in [1.29, 1.82) is 0 Å². The van der Waals surface area contributed by atoms with Crippen molar-refractivity contribution in [2.45, 2.75) is 13.5 Å². The molecular weight excluding hydrogens is 382 g/mol. The van der Waals surface area contributed by atoms with Crippen LogP contribution in [0.25, 0.3) is 10.9 Å². The predicted octanol–water partition coefficient (Wildman–Crippen LogP) is 3.83. The normalized spacial score (nSPS) is 10.8. The first-order valence-electron chi connectivity index (χ1n) is 8.52. The highest BCUT2D eigenvalue weighted by atomic mass is 35.5. The number of rotatable bonds is 4. The maximum absolute atomic E-state index is 13.2. The van der Waals surface area contributed by atoms with Gasteiger partial charge in [-0.05, 0) is 49.4 Å². The Morgan fingerprint density at radius 3 is 2.50 bits per heavy atom. The topological polar surface area (TPSA) is 83.8 Å². The minimum absolute atomic E-state index is 0.139. The van der Waals surface area contributed by atoms with E-state index in [1.165, 1.54) is 7.05 Å². The molecule has 2 aromatic carbocycles. The van der Waals surface area contributed by atoms with Crippen molar-refractivity contribution in [2.24, 2.45) is 0 Å². The number of carbonyl (C=O) groups excluding carboxylic acids is 2. The molecule has 2 N–H and O–H groups in total. The van der Waals surface area contributed by atoms with E-state index in [1.807, 2.05) is 13.0 Å². The Morgan fingerprint density at radius 1 is 1.21 bits per heavy atom. The summed E-state index contributed by atoms with van der Waals surface area (Å²) in [5.74, 6) is 0.427. The van der Waals surface area contributed by atoms with Crippen LogP contribution in [0.5, 0.6) is 5.75 Å². The molecular formula is C20H20ClN3O4. The second-order valence-electron chi connectivity index (χ2n) is 6.28. The number of urea groups is 1. The Labute approximate surface area is 167 Å². The van der Waals surface area contributed by atoms with E-state index in [1.54, 1.807) is 48.1 Å². The molecule has 8 heteroatoms. The molecule has 0 fully saturated rings. The Hall–Kier alpha value is -3.03. The van der Waals surface area contributed by atoms with Gasteiger partial charge in [-0.1, -0.05) is 11.6 Å². The number of halogens is 1. The summed E-state index contributed by atoms with van der Waals surface area (Å²) >= 11 is 5.93. The van der Waals surface area contributed by atoms with E-state index in [4.69, 9.17) is 16.3 Å². The van der Waals surface area contributed by atoms with Crippen LogP contribution in [0.1, 0.15) is 21.6 Å². The van der Waals surface area contributed by atoms with E-state index >= 15 is 0 Å². The fourth-order valence-corrected chi connectivity index (χ4v) is 3.20. The first kappa shape index (κ1) is 19.7. The van der Waals surface area contributed by atoms with Gasteiger partial charge in [-0.15, -0.1) is 0 Å². The molecule has 0 saturated heterocycles. The smallest absolute Gasteiger partial charge is 0.341 e. The van der Waals surface area contributed by atoms with E-state index in [0.29, 0.717) is 32.6 Å². The fourth-order valence-electron chi connectivity index (χ4n) is 3.07. The second kappa shape index (κ2) is 7.92. The van der Waals surface area contributed by atoms with Gasteiger partial charge in [-0.25, -0.2) is 9.86 Å². The van der Waals surface area contributed by atoms with Crippen LogP contribution in [0.3, 0.4) is 0 Å². The van der Waals surface area contributed by atoms with Gasteiger partial charge in [0.05, 0.1) is 12.6 Å². The fraction of sp³-hybridized carbons (Fsp3) is 0.200. The molecule has 0 aliphatic rings. The van der Waals surface area contributed by atoms with Crippen LogP contribution in [0, 0.1) is 6.92 Å². The molecule has 28 heavy (non-hydrogen) atoms. The number of hydrogen-bond donors (Lipinski definition) is 2. The standard InChI is InChI=1S/C20H20ClN3O4/c1-12-17(11-22-20(26)23(2)27)16-10-15(28-3)8-9-18(16)24(12)19(25)13-4-6-14(21)7-5-13/h4-10,27H,11H2,1-3H3,(H,22,26). The molecule has 3 aromatic rings. The van der Waals surface area contributed by atoms with Crippen LogP contribution in [-0.2, 0) is 6.54 Å². The van der Waals surface area contributed by atoms with Crippen molar-refractivity contribution in [3.05, 3.63) is 64.3 Å². The van der Waals surface area contributed by atoms with Gasteiger partial charge in [0.1, 0.15) is 5.75 Å². The van der Waals surface area contributed by atoms with Gasteiger partial charge < -0.3 is 10.1 Å². The summed E-state index contributed by atoms with van der Waals surface area (Å²) in [6, 6.07) is 11.4. The maximum Gasteiger partial charge on any atom is 0.341 e. The third kappa shape index (κ3) is 3.67. The van der Waals surface area contributed by atoms with E-state index in [0.717, 1.165) is 10.9 Å². The van der Waals surface area contributed by atoms with Crippen LogP contribution in [0.15, 0.2) is 42.5 Å². The summed E-state index contributed by atoms with van der Waals surface area (Å²) in [5, 5.41) is 13.7. The zero-order valence-electron chi connectivity index (χ0n) is 15.7. The Bertz CT molecular complexity index is 1040. The summed E-state index contributed by atoms with van der Waals surface area (Å²) in [6.07, 6.45) is 0. The molecule has 0 bridgehead atoms. The minimum Gasteiger partial charge on any atom is -0.497 e. The average molecular weight is 402 g/mol. The van der Waals surface area contributed by atoms with Crippen LogP contribution >= 0.6 is 11.6 Å². The molecule has 0 aliphatic heterocycles. The van der Waals surface area contributed by atoms with Gasteiger partial charge in [-0.3, -0.25) is 14.6 Å². The molecule has 1 aromatic heterocycles. The van der Waals surface area contributed by atoms with E-state index in [9.17, 15) is 14.8 Å². The van der Waals surface area contributed by atoms with Gasteiger partial charge in [-0.2, -0.15) is 0 Å². The first-order valence-corrected chi connectivity index (χ1v) is 8.90.